The molecule has 6 nitrogen and oxygen atoms in total. The molecular weight excluding hydrogens is 391 g/mol. The van der Waals surface area contributed by atoms with Crippen molar-refractivity contribution in [2.45, 2.75) is 19.8 Å². The van der Waals surface area contributed by atoms with Crippen LogP contribution in [0.15, 0.2) is 36.4 Å². The molecule has 0 aromatic heterocycles. The van der Waals surface area contributed by atoms with Gasteiger partial charge in [-0.15, -0.1) is 0 Å². The van der Waals surface area contributed by atoms with E-state index < -0.39 is 11.8 Å². The van der Waals surface area contributed by atoms with Gasteiger partial charge in [0.25, 0.3) is 11.8 Å². The third-order valence-corrected chi connectivity index (χ3v) is 4.21. The number of hydrazine groups is 1. The predicted octanol–water partition coefficient (Wildman–Crippen LogP) is 4.26. The predicted molar refractivity (Wildman–Crippen MR) is 105 cm³/mol. The van der Waals surface area contributed by atoms with E-state index in [0.29, 0.717) is 28.7 Å². The Morgan fingerprint density at radius 2 is 1.74 bits per heavy atom. The van der Waals surface area contributed by atoms with Crippen LogP contribution in [0.3, 0.4) is 0 Å². The second kappa shape index (κ2) is 10.0. The fraction of sp³-hybridized carbons (Fsp3) is 0.263. The zero-order valence-electron chi connectivity index (χ0n) is 15.0. The normalized spacial score (nSPS) is 10.2. The standard InChI is InChI=1S/C19H20Cl2N2O4/c1-3-4-9-27-16-8-5-12(10-17(16)26-2)18(24)22-23-19(25)14-11-13(20)6-7-15(14)21/h5-8,10-11H,3-4,9H2,1-2H3,(H,22,24)(H,23,25). The number of hydrogen-bond acceptors (Lipinski definition) is 4. The molecule has 0 aliphatic rings. The zero-order chi connectivity index (χ0) is 19.8. The van der Waals surface area contributed by atoms with Gasteiger partial charge in [0.05, 0.1) is 24.3 Å². The van der Waals surface area contributed by atoms with Crippen molar-refractivity contribution in [3.05, 3.63) is 57.6 Å². The number of nitrogens with one attached hydrogen (secondary N) is 2. The van der Waals surface area contributed by atoms with E-state index in [9.17, 15) is 9.59 Å². The second-order valence-electron chi connectivity index (χ2n) is 5.60. The molecule has 0 heterocycles. The molecule has 0 bridgehead atoms. The first-order valence-electron chi connectivity index (χ1n) is 8.32. The molecular formula is C19H20Cl2N2O4. The SMILES string of the molecule is CCCCOc1ccc(C(=O)NNC(=O)c2cc(Cl)ccc2Cl)cc1OC. The van der Waals surface area contributed by atoms with E-state index in [4.69, 9.17) is 32.7 Å². The summed E-state index contributed by atoms with van der Waals surface area (Å²) in [5, 5.41) is 0.584. The Morgan fingerprint density at radius 3 is 2.44 bits per heavy atom. The maximum atomic E-state index is 12.3. The van der Waals surface area contributed by atoms with Crippen LogP contribution in [0.25, 0.3) is 0 Å². The van der Waals surface area contributed by atoms with Crippen LogP contribution < -0.4 is 20.3 Å². The van der Waals surface area contributed by atoms with E-state index in [0.717, 1.165) is 12.8 Å². The van der Waals surface area contributed by atoms with Crippen molar-refractivity contribution in [2.24, 2.45) is 0 Å². The lowest BCUT2D eigenvalue weighted by atomic mass is 10.2. The lowest BCUT2D eigenvalue weighted by Crippen LogP contribution is -2.41. The van der Waals surface area contributed by atoms with Crippen LogP contribution in [0, 0.1) is 0 Å². The van der Waals surface area contributed by atoms with Gasteiger partial charge in [0.1, 0.15) is 0 Å². The molecule has 144 valence electrons. The Labute approximate surface area is 167 Å². The highest BCUT2D eigenvalue weighted by Gasteiger charge is 2.14. The first kappa shape index (κ1) is 20.9. The summed E-state index contributed by atoms with van der Waals surface area (Å²) in [6.45, 7) is 2.63. The molecule has 0 spiro atoms. The van der Waals surface area contributed by atoms with Gasteiger partial charge < -0.3 is 9.47 Å². The zero-order valence-corrected chi connectivity index (χ0v) is 16.5. The largest absolute Gasteiger partial charge is 0.493 e. The molecule has 0 aliphatic carbocycles. The number of halogens is 2. The highest BCUT2D eigenvalue weighted by molar-refractivity contribution is 6.35. The number of hydrogen-bond donors (Lipinski definition) is 2. The van der Waals surface area contributed by atoms with E-state index in [1.54, 1.807) is 18.2 Å². The third kappa shape index (κ3) is 5.77. The number of amides is 2. The third-order valence-electron chi connectivity index (χ3n) is 3.64. The van der Waals surface area contributed by atoms with Crippen molar-refractivity contribution in [1.82, 2.24) is 10.9 Å². The quantitative estimate of drug-likeness (QED) is 0.528. The molecule has 2 aromatic carbocycles. The average molecular weight is 411 g/mol. The van der Waals surface area contributed by atoms with E-state index in [1.807, 2.05) is 0 Å². The Hall–Kier alpha value is -2.44. The molecule has 0 saturated carbocycles. The number of unbranched alkanes of at least 4 members (excludes halogenated alkanes) is 1. The number of carbonyl (C=O) groups is 2. The number of carbonyl (C=O) groups excluding carboxylic acids is 2. The summed E-state index contributed by atoms with van der Waals surface area (Å²) >= 11 is 11.8. The van der Waals surface area contributed by atoms with Gasteiger partial charge in [0, 0.05) is 10.6 Å². The van der Waals surface area contributed by atoms with Crippen molar-refractivity contribution in [3.63, 3.8) is 0 Å². The van der Waals surface area contributed by atoms with Gasteiger partial charge in [-0.05, 0) is 42.8 Å². The van der Waals surface area contributed by atoms with E-state index in [2.05, 4.69) is 17.8 Å². The minimum atomic E-state index is -0.581. The molecule has 2 N–H and O–H groups in total. The van der Waals surface area contributed by atoms with Crippen molar-refractivity contribution < 1.29 is 19.1 Å². The van der Waals surface area contributed by atoms with Crippen molar-refractivity contribution in [2.75, 3.05) is 13.7 Å². The minimum Gasteiger partial charge on any atom is -0.493 e. The van der Waals surface area contributed by atoms with E-state index in [1.165, 1.54) is 25.3 Å². The molecule has 2 amide bonds. The maximum Gasteiger partial charge on any atom is 0.271 e. The van der Waals surface area contributed by atoms with Gasteiger partial charge in [-0.2, -0.15) is 0 Å². The first-order valence-corrected chi connectivity index (χ1v) is 9.08. The number of rotatable bonds is 7. The fourth-order valence-electron chi connectivity index (χ4n) is 2.18. The molecule has 2 rings (SSSR count). The van der Waals surface area contributed by atoms with Crippen LogP contribution in [0.2, 0.25) is 10.0 Å². The second-order valence-corrected chi connectivity index (χ2v) is 6.44. The van der Waals surface area contributed by atoms with Gasteiger partial charge >= 0.3 is 0 Å². The summed E-state index contributed by atoms with van der Waals surface area (Å²) in [6.07, 6.45) is 1.93. The number of ether oxygens (including phenoxy) is 2. The van der Waals surface area contributed by atoms with Gasteiger partial charge in [-0.3, -0.25) is 20.4 Å². The minimum absolute atomic E-state index is 0.154. The molecule has 0 atom stereocenters. The van der Waals surface area contributed by atoms with Gasteiger partial charge in [-0.1, -0.05) is 36.5 Å². The average Bonchev–Trinajstić information content (AvgIpc) is 2.68. The summed E-state index contributed by atoms with van der Waals surface area (Å²) in [7, 11) is 1.49. The monoisotopic (exact) mass is 410 g/mol. The van der Waals surface area contributed by atoms with Crippen molar-refractivity contribution in [1.29, 1.82) is 0 Å². The molecule has 27 heavy (non-hydrogen) atoms. The van der Waals surface area contributed by atoms with E-state index in [-0.39, 0.29) is 10.6 Å². The van der Waals surface area contributed by atoms with Crippen molar-refractivity contribution in [3.8, 4) is 11.5 Å². The van der Waals surface area contributed by atoms with Gasteiger partial charge in [-0.25, -0.2) is 0 Å². The fourth-order valence-corrected chi connectivity index (χ4v) is 2.55. The lowest BCUT2D eigenvalue weighted by Gasteiger charge is -2.13. The Morgan fingerprint density at radius 1 is 1.00 bits per heavy atom. The Bertz CT molecular complexity index is 827. The molecule has 0 radical (unpaired) electrons. The van der Waals surface area contributed by atoms with Gasteiger partial charge in [0.2, 0.25) is 0 Å². The Balaban J connectivity index is 2.03. The lowest BCUT2D eigenvalue weighted by molar-refractivity contribution is 0.0846. The summed E-state index contributed by atoms with van der Waals surface area (Å²) in [5.74, 6) is -0.109. The highest BCUT2D eigenvalue weighted by atomic mass is 35.5. The van der Waals surface area contributed by atoms with Crippen LogP contribution in [-0.2, 0) is 0 Å². The molecule has 0 aliphatic heterocycles. The summed E-state index contributed by atoms with van der Waals surface area (Å²) in [5.41, 5.74) is 5.09. The van der Waals surface area contributed by atoms with Crippen LogP contribution in [0.5, 0.6) is 11.5 Å². The highest BCUT2D eigenvalue weighted by Crippen LogP contribution is 2.28. The van der Waals surface area contributed by atoms with Crippen LogP contribution in [0.1, 0.15) is 40.5 Å². The first-order chi connectivity index (χ1) is 13.0. The summed E-state index contributed by atoms with van der Waals surface area (Å²) < 4.78 is 10.9. The molecule has 0 saturated heterocycles. The van der Waals surface area contributed by atoms with E-state index >= 15 is 0 Å². The maximum absolute atomic E-state index is 12.3. The topological polar surface area (TPSA) is 76.7 Å². The van der Waals surface area contributed by atoms with Crippen molar-refractivity contribution >= 4 is 35.0 Å². The smallest absolute Gasteiger partial charge is 0.271 e. The molecule has 2 aromatic rings. The Kier molecular flexibility index (Phi) is 7.76. The van der Waals surface area contributed by atoms with Crippen LogP contribution in [-0.4, -0.2) is 25.5 Å². The number of benzene rings is 2. The van der Waals surface area contributed by atoms with Gasteiger partial charge in [0.15, 0.2) is 11.5 Å². The van der Waals surface area contributed by atoms with Crippen LogP contribution >= 0.6 is 23.2 Å². The molecule has 8 heteroatoms. The molecule has 0 unspecified atom stereocenters. The summed E-state index contributed by atoms with van der Waals surface area (Å²) in [6, 6.07) is 9.25. The number of methoxy groups -OCH3 is 1. The summed E-state index contributed by atoms with van der Waals surface area (Å²) in [4.78, 5) is 24.5. The van der Waals surface area contributed by atoms with Crippen LogP contribution in [0.4, 0.5) is 0 Å². The molecule has 0 fully saturated rings.